The lowest BCUT2D eigenvalue weighted by Crippen LogP contribution is -2.21. The van der Waals surface area contributed by atoms with Crippen molar-refractivity contribution >= 4 is 17.9 Å². The summed E-state index contributed by atoms with van der Waals surface area (Å²) in [5.41, 5.74) is 10.4. The molecule has 0 saturated carbocycles. The van der Waals surface area contributed by atoms with Crippen LogP contribution in [0, 0.1) is 10.1 Å². The van der Waals surface area contributed by atoms with Gasteiger partial charge in [-0.3, -0.25) is 10.1 Å². The molecule has 0 unspecified atom stereocenters. The van der Waals surface area contributed by atoms with Crippen molar-refractivity contribution in [2.45, 2.75) is 0 Å². The van der Waals surface area contributed by atoms with Crippen LogP contribution in [0.3, 0.4) is 0 Å². The van der Waals surface area contributed by atoms with E-state index in [4.69, 9.17) is 16.2 Å². The van der Waals surface area contributed by atoms with Crippen molar-refractivity contribution in [3.8, 4) is 11.5 Å². The second-order valence-corrected chi connectivity index (χ2v) is 4.16. The maximum Gasteiger partial charge on any atom is 0.278 e. The van der Waals surface area contributed by atoms with Crippen LogP contribution in [0.2, 0.25) is 0 Å². The molecule has 2 aromatic rings. The number of benzene rings is 2. The highest BCUT2D eigenvalue weighted by Gasteiger charge is 2.13. The zero-order valence-electron chi connectivity index (χ0n) is 11.4. The largest absolute Gasteiger partial charge is 0.457 e. The number of nitrogens with zero attached hydrogens (tertiary/aromatic N) is 3. The van der Waals surface area contributed by atoms with E-state index in [1.54, 1.807) is 12.1 Å². The predicted octanol–water partition coefficient (Wildman–Crippen LogP) is 1.99. The molecule has 0 atom stereocenters. The zero-order valence-corrected chi connectivity index (χ0v) is 11.4. The molecule has 0 aliphatic rings. The van der Waals surface area contributed by atoms with Gasteiger partial charge in [0, 0.05) is 6.07 Å². The van der Waals surface area contributed by atoms with Crippen LogP contribution in [0.4, 0.5) is 5.69 Å². The van der Waals surface area contributed by atoms with Gasteiger partial charge in [-0.05, 0) is 24.3 Å². The van der Waals surface area contributed by atoms with Crippen molar-refractivity contribution in [1.82, 2.24) is 0 Å². The van der Waals surface area contributed by atoms with Crippen LogP contribution in [-0.4, -0.2) is 17.1 Å². The summed E-state index contributed by atoms with van der Waals surface area (Å²) in [6.45, 7) is 0. The van der Waals surface area contributed by atoms with Gasteiger partial charge in [0.2, 0.25) is 5.96 Å². The lowest BCUT2D eigenvalue weighted by Gasteiger charge is -2.06. The van der Waals surface area contributed by atoms with Crippen molar-refractivity contribution < 1.29 is 9.66 Å². The molecule has 0 heterocycles. The molecule has 0 bridgehead atoms. The first-order valence-electron chi connectivity index (χ1n) is 6.19. The molecule has 0 saturated heterocycles. The number of nitro groups is 1. The van der Waals surface area contributed by atoms with Gasteiger partial charge in [-0.25, -0.2) is 0 Å². The van der Waals surface area contributed by atoms with Crippen LogP contribution in [0.5, 0.6) is 11.5 Å². The van der Waals surface area contributed by atoms with Crippen LogP contribution in [0.25, 0.3) is 0 Å². The number of ether oxygens (including phenoxy) is 1. The third-order valence-electron chi connectivity index (χ3n) is 2.54. The molecule has 112 valence electrons. The van der Waals surface area contributed by atoms with Crippen molar-refractivity contribution in [3.63, 3.8) is 0 Å². The van der Waals surface area contributed by atoms with Crippen LogP contribution in [-0.2, 0) is 0 Å². The Morgan fingerprint density at radius 2 is 1.86 bits per heavy atom. The minimum atomic E-state index is -0.525. The zero-order chi connectivity index (χ0) is 15.9. The van der Waals surface area contributed by atoms with Crippen LogP contribution in [0.1, 0.15) is 5.56 Å². The van der Waals surface area contributed by atoms with Gasteiger partial charge in [-0.15, -0.1) is 5.10 Å². The maximum absolute atomic E-state index is 11.0. The molecule has 0 amide bonds. The Hall–Kier alpha value is -3.42. The SMILES string of the molecule is NC(N)=NN=Cc1cc(Oc2ccccc2)ccc1[N+](=O)[O-]. The predicted molar refractivity (Wildman–Crippen MR) is 83.0 cm³/mol. The molecule has 0 aliphatic carbocycles. The first kappa shape index (κ1) is 15.0. The number of para-hydroxylation sites is 1. The fourth-order valence-corrected chi connectivity index (χ4v) is 1.65. The summed E-state index contributed by atoms with van der Waals surface area (Å²) >= 11 is 0. The molecule has 0 radical (unpaired) electrons. The molecule has 4 N–H and O–H groups in total. The van der Waals surface area contributed by atoms with E-state index in [2.05, 4.69) is 10.2 Å². The first-order chi connectivity index (χ1) is 10.6. The highest BCUT2D eigenvalue weighted by Crippen LogP contribution is 2.26. The molecule has 2 rings (SSSR count). The molecule has 22 heavy (non-hydrogen) atoms. The number of guanidine groups is 1. The average Bonchev–Trinajstić information content (AvgIpc) is 2.48. The van der Waals surface area contributed by atoms with E-state index >= 15 is 0 Å². The average molecular weight is 299 g/mol. The summed E-state index contributed by atoms with van der Waals surface area (Å²) in [6, 6.07) is 13.4. The number of hydrogen-bond acceptors (Lipinski definition) is 5. The van der Waals surface area contributed by atoms with E-state index in [0.29, 0.717) is 11.5 Å². The van der Waals surface area contributed by atoms with E-state index in [1.807, 2.05) is 18.2 Å². The van der Waals surface area contributed by atoms with Crippen molar-refractivity contribution in [3.05, 3.63) is 64.2 Å². The fourth-order valence-electron chi connectivity index (χ4n) is 1.65. The molecule has 0 aromatic heterocycles. The quantitative estimate of drug-likeness (QED) is 0.377. The van der Waals surface area contributed by atoms with Gasteiger partial charge in [0.1, 0.15) is 11.5 Å². The first-order valence-corrected chi connectivity index (χ1v) is 6.19. The Bertz CT molecular complexity index is 725. The van der Waals surface area contributed by atoms with Crippen molar-refractivity contribution in [2.24, 2.45) is 21.7 Å². The summed E-state index contributed by atoms with van der Waals surface area (Å²) in [4.78, 5) is 10.5. The normalized spacial score (nSPS) is 10.4. The van der Waals surface area contributed by atoms with Gasteiger partial charge in [-0.1, -0.05) is 18.2 Å². The van der Waals surface area contributed by atoms with Crippen LogP contribution >= 0.6 is 0 Å². The molecular formula is C14H13N5O3. The Morgan fingerprint density at radius 1 is 1.14 bits per heavy atom. The lowest BCUT2D eigenvalue weighted by molar-refractivity contribution is -0.385. The van der Waals surface area contributed by atoms with Crippen LogP contribution < -0.4 is 16.2 Å². The summed E-state index contributed by atoms with van der Waals surface area (Å²) in [5, 5.41) is 18.0. The molecular weight excluding hydrogens is 286 g/mol. The number of nitrogens with two attached hydrogens (primary N) is 2. The topological polar surface area (TPSA) is 129 Å². The van der Waals surface area contributed by atoms with Gasteiger partial charge >= 0.3 is 0 Å². The van der Waals surface area contributed by atoms with Crippen molar-refractivity contribution in [1.29, 1.82) is 0 Å². The molecule has 0 fully saturated rings. The highest BCUT2D eigenvalue weighted by molar-refractivity contribution is 5.86. The fraction of sp³-hybridized carbons (Fsp3) is 0. The number of rotatable bonds is 5. The smallest absolute Gasteiger partial charge is 0.278 e. The Labute approximate surface area is 125 Å². The Balaban J connectivity index is 2.32. The van der Waals surface area contributed by atoms with E-state index in [0.717, 1.165) is 0 Å². The van der Waals surface area contributed by atoms with Gasteiger partial charge in [0.15, 0.2) is 0 Å². The Kier molecular flexibility index (Phi) is 4.66. The maximum atomic E-state index is 11.0. The summed E-state index contributed by atoms with van der Waals surface area (Å²) in [7, 11) is 0. The van der Waals surface area contributed by atoms with Crippen molar-refractivity contribution in [2.75, 3.05) is 0 Å². The van der Waals surface area contributed by atoms with E-state index in [9.17, 15) is 10.1 Å². The van der Waals surface area contributed by atoms with E-state index < -0.39 is 4.92 Å². The molecule has 0 aliphatic heterocycles. The lowest BCUT2D eigenvalue weighted by atomic mass is 10.2. The molecule has 8 heteroatoms. The summed E-state index contributed by atoms with van der Waals surface area (Å²) < 4.78 is 5.61. The highest BCUT2D eigenvalue weighted by atomic mass is 16.6. The van der Waals surface area contributed by atoms with E-state index in [1.165, 1.54) is 24.4 Å². The van der Waals surface area contributed by atoms with Gasteiger partial charge < -0.3 is 16.2 Å². The minimum absolute atomic E-state index is 0.130. The number of hydrogen-bond donors (Lipinski definition) is 2. The minimum Gasteiger partial charge on any atom is -0.457 e. The third kappa shape index (κ3) is 4.04. The Morgan fingerprint density at radius 3 is 2.50 bits per heavy atom. The second-order valence-electron chi connectivity index (χ2n) is 4.16. The molecule has 8 nitrogen and oxygen atoms in total. The molecule has 2 aromatic carbocycles. The van der Waals surface area contributed by atoms with Crippen LogP contribution in [0.15, 0.2) is 58.7 Å². The summed E-state index contributed by atoms with van der Waals surface area (Å²) in [5.74, 6) is 0.807. The van der Waals surface area contributed by atoms with Gasteiger partial charge in [0.05, 0.1) is 16.7 Å². The molecule has 0 spiro atoms. The second kappa shape index (κ2) is 6.84. The van der Waals surface area contributed by atoms with E-state index in [-0.39, 0.29) is 17.2 Å². The monoisotopic (exact) mass is 299 g/mol. The van der Waals surface area contributed by atoms with Gasteiger partial charge in [-0.2, -0.15) is 5.10 Å². The third-order valence-corrected chi connectivity index (χ3v) is 2.54. The van der Waals surface area contributed by atoms with Gasteiger partial charge in [0.25, 0.3) is 5.69 Å². The summed E-state index contributed by atoms with van der Waals surface area (Å²) in [6.07, 6.45) is 1.19. The number of nitro benzene ring substituents is 1. The standard InChI is InChI=1S/C14H13N5O3/c15-14(16)18-17-9-10-8-12(6-7-13(10)19(20)21)22-11-4-2-1-3-5-11/h1-9H,(H4,15,16,18).